The van der Waals surface area contributed by atoms with Gasteiger partial charge in [0.15, 0.2) is 0 Å². The second kappa shape index (κ2) is 3.92. The summed E-state index contributed by atoms with van der Waals surface area (Å²) in [5, 5.41) is 0. The maximum atomic E-state index is 11.6. The highest BCUT2D eigenvalue weighted by molar-refractivity contribution is 5.78. The van der Waals surface area contributed by atoms with Gasteiger partial charge in [-0.1, -0.05) is 13.3 Å². The molecule has 0 unspecified atom stereocenters. The van der Waals surface area contributed by atoms with Crippen molar-refractivity contribution < 1.29 is 4.79 Å². The Labute approximate surface area is 74.9 Å². The molecule has 0 spiro atoms. The minimum atomic E-state index is 0.324. The molecule has 1 saturated carbocycles. The fourth-order valence-electron chi connectivity index (χ4n) is 1.70. The molecule has 1 fully saturated rings. The predicted molar refractivity (Wildman–Crippen MR) is 49.8 cm³/mol. The molecule has 70 valence electrons. The van der Waals surface area contributed by atoms with Crippen molar-refractivity contribution in [2.45, 2.75) is 32.6 Å². The van der Waals surface area contributed by atoms with E-state index in [9.17, 15) is 4.79 Å². The van der Waals surface area contributed by atoms with E-state index in [1.165, 1.54) is 12.8 Å². The first-order chi connectivity index (χ1) is 5.66. The zero-order valence-corrected chi connectivity index (χ0v) is 8.34. The quantitative estimate of drug-likeness (QED) is 0.629. The van der Waals surface area contributed by atoms with Gasteiger partial charge in [0.2, 0.25) is 5.91 Å². The van der Waals surface area contributed by atoms with E-state index in [0.717, 1.165) is 12.8 Å². The third-order valence-electron chi connectivity index (χ3n) is 2.55. The highest BCUT2D eigenvalue weighted by atomic mass is 16.2. The zero-order valence-electron chi connectivity index (χ0n) is 8.34. The van der Waals surface area contributed by atoms with Crippen molar-refractivity contribution in [2.24, 2.45) is 11.8 Å². The van der Waals surface area contributed by atoms with E-state index in [4.69, 9.17) is 0 Å². The fourth-order valence-corrected chi connectivity index (χ4v) is 1.70. The Hall–Kier alpha value is -0.530. The number of carbonyl (C=O) groups excluding carboxylic acids is 1. The molecule has 0 saturated heterocycles. The van der Waals surface area contributed by atoms with Crippen LogP contribution in [0.15, 0.2) is 0 Å². The van der Waals surface area contributed by atoms with Gasteiger partial charge in [0, 0.05) is 20.0 Å². The van der Waals surface area contributed by atoms with Gasteiger partial charge in [-0.25, -0.2) is 0 Å². The van der Waals surface area contributed by atoms with Crippen molar-refractivity contribution in [1.29, 1.82) is 0 Å². The van der Waals surface area contributed by atoms with Crippen LogP contribution in [-0.2, 0) is 4.79 Å². The van der Waals surface area contributed by atoms with Crippen LogP contribution in [0, 0.1) is 11.8 Å². The summed E-state index contributed by atoms with van der Waals surface area (Å²) in [5.74, 6) is 1.37. The maximum Gasteiger partial charge on any atom is 0.225 e. The topological polar surface area (TPSA) is 20.3 Å². The Morgan fingerprint density at radius 3 is 2.42 bits per heavy atom. The number of hydrogen-bond acceptors (Lipinski definition) is 1. The molecule has 1 atom stereocenters. The van der Waals surface area contributed by atoms with Gasteiger partial charge in [0.05, 0.1) is 0 Å². The standard InChI is InChI=1S/C10H19NO/c1-4-5-9(8-6-7-8)10(12)11(2)3/h8-9H,4-7H2,1-3H3/t9-/m0/s1. The Morgan fingerprint density at radius 1 is 1.50 bits per heavy atom. The summed E-state index contributed by atoms with van der Waals surface area (Å²) in [4.78, 5) is 13.4. The molecule has 0 aromatic rings. The molecular formula is C10H19NO. The minimum absolute atomic E-state index is 0.324. The molecule has 0 radical (unpaired) electrons. The van der Waals surface area contributed by atoms with Crippen molar-refractivity contribution in [2.75, 3.05) is 14.1 Å². The number of nitrogens with zero attached hydrogens (tertiary/aromatic N) is 1. The molecule has 0 aliphatic heterocycles. The highest BCUT2D eigenvalue weighted by Gasteiger charge is 2.35. The molecule has 2 heteroatoms. The van der Waals surface area contributed by atoms with Crippen LogP contribution in [0.2, 0.25) is 0 Å². The molecule has 1 amide bonds. The van der Waals surface area contributed by atoms with E-state index in [0.29, 0.717) is 17.7 Å². The first kappa shape index (κ1) is 9.56. The lowest BCUT2D eigenvalue weighted by Crippen LogP contribution is -2.30. The van der Waals surface area contributed by atoms with Gasteiger partial charge in [-0.05, 0) is 25.2 Å². The third kappa shape index (κ3) is 2.23. The average Bonchev–Trinajstić information content (AvgIpc) is 2.81. The van der Waals surface area contributed by atoms with Crippen LogP contribution in [0.1, 0.15) is 32.6 Å². The van der Waals surface area contributed by atoms with Crippen LogP contribution in [0.25, 0.3) is 0 Å². The molecule has 1 aliphatic carbocycles. The van der Waals surface area contributed by atoms with Crippen LogP contribution < -0.4 is 0 Å². The molecule has 2 nitrogen and oxygen atoms in total. The summed E-state index contributed by atoms with van der Waals surface area (Å²) < 4.78 is 0. The number of rotatable bonds is 4. The fraction of sp³-hybridized carbons (Fsp3) is 0.900. The zero-order chi connectivity index (χ0) is 9.14. The summed E-state index contributed by atoms with van der Waals surface area (Å²) in [7, 11) is 3.71. The summed E-state index contributed by atoms with van der Waals surface area (Å²) in [6.07, 6.45) is 4.73. The highest BCUT2D eigenvalue weighted by Crippen LogP contribution is 2.39. The predicted octanol–water partition coefficient (Wildman–Crippen LogP) is 1.90. The lowest BCUT2D eigenvalue weighted by atomic mass is 9.97. The average molecular weight is 169 g/mol. The summed E-state index contributed by atoms with van der Waals surface area (Å²) in [6.45, 7) is 2.15. The Balaban J connectivity index is 2.46. The SMILES string of the molecule is CCC[C@H](C(=O)N(C)C)C1CC1. The van der Waals surface area contributed by atoms with E-state index >= 15 is 0 Å². The van der Waals surface area contributed by atoms with Crippen molar-refractivity contribution in [3.63, 3.8) is 0 Å². The largest absolute Gasteiger partial charge is 0.349 e. The van der Waals surface area contributed by atoms with Crippen molar-refractivity contribution in [3.8, 4) is 0 Å². The van der Waals surface area contributed by atoms with Gasteiger partial charge >= 0.3 is 0 Å². The van der Waals surface area contributed by atoms with Gasteiger partial charge in [-0.2, -0.15) is 0 Å². The van der Waals surface area contributed by atoms with Crippen LogP contribution >= 0.6 is 0 Å². The monoisotopic (exact) mass is 169 g/mol. The second-order valence-electron chi connectivity index (χ2n) is 3.97. The molecule has 0 N–H and O–H groups in total. The Bertz CT molecular complexity index is 161. The number of carbonyl (C=O) groups is 1. The van der Waals surface area contributed by atoms with E-state index in [2.05, 4.69) is 6.92 Å². The number of amides is 1. The summed E-state index contributed by atoms with van der Waals surface area (Å²) in [5.41, 5.74) is 0. The molecule has 0 aromatic carbocycles. The summed E-state index contributed by atoms with van der Waals surface area (Å²) in [6, 6.07) is 0. The van der Waals surface area contributed by atoms with Crippen LogP contribution in [-0.4, -0.2) is 24.9 Å². The van der Waals surface area contributed by atoms with Crippen molar-refractivity contribution >= 4 is 5.91 Å². The smallest absolute Gasteiger partial charge is 0.225 e. The van der Waals surface area contributed by atoms with Gasteiger partial charge in [0.1, 0.15) is 0 Å². The van der Waals surface area contributed by atoms with Crippen molar-refractivity contribution in [1.82, 2.24) is 4.90 Å². The molecule has 1 aliphatic rings. The molecule has 1 rings (SSSR count). The van der Waals surface area contributed by atoms with Gasteiger partial charge < -0.3 is 4.90 Å². The molecule has 0 aromatic heterocycles. The minimum Gasteiger partial charge on any atom is -0.349 e. The first-order valence-electron chi connectivity index (χ1n) is 4.88. The van der Waals surface area contributed by atoms with E-state index < -0.39 is 0 Å². The van der Waals surface area contributed by atoms with Crippen LogP contribution in [0.3, 0.4) is 0 Å². The first-order valence-corrected chi connectivity index (χ1v) is 4.88. The van der Waals surface area contributed by atoms with Crippen molar-refractivity contribution in [3.05, 3.63) is 0 Å². The van der Waals surface area contributed by atoms with Gasteiger partial charge in [0.25, 0.3) is 0 Å². The molecular weight excluding hydrogens is 150 g/mol. The lowest BCUT2D eigenvalue weighted by Gasteiger charge is -2.19. The van der Waals surface area contributed by atoms with Crippen LogP contribution in [0.4, 0.5) is 0 Å². The van der Waals surface area contributed by atoms with E-state index in [1.807, 2.05) is 14.1 Å². The summed E-state index contributed by atoms with van der Waals surface area (Å²) >= 11 is 0. The third-order valence-corrected chi connectivity index (χ3v) is 2.55. The lowest BCUT2D eigenvalue weighted by molar-refractivity contribution is -0.133. The second-order valence-corrected chi connectivity index (χ2v) is 3.97. The Kier molecular flexibility index (Phi) is 3.12. The molecule has 0 heterocycles. The maximum absolute atomic E-state index is 11.6. The normalized spacial score (nSPS) is 18.9. The van der Waals surface area contributed by atoms with E-state index in [1.54, 1.807) is 4.90 Å². The molecule has 12 heavy (non-hydrogen) atoms. The number of hydrogen-bond donors (Lipinski definition) is 0. The van der Waals surface area contributed by atoms with Gasteiger partial charge in [-0.15, -0.1) is 0 Å². The molecule has 0 bridgehead atoms. The van der Waals surface area contributed by atoms with E-state index in [-0.39, 0.29) is 0 Å². The Morgan fingerprint density at radius 2 is 2.08 bits per heavy atom. The van der Waals surface area contributed by atoms with Crippen LogP contribution in [0.5, 0.6) is 0 Å². The van der Waals surface area contributed by atoms with Gasteiger partial charge in [-0.3, -0.25) is 4.79 Å².